The van der Waals surface area contributed by atoms with Crippen molar-refractivity contribution < 1.29 is 27.8 Å². The zero-order valence-corrected chi connectivity index (χ0v) is 13.5. The maximum atomic E-state index is 12.6. The van der Waals surface area contributed by atoms with Gasteiger partial charge in [0.1, 0.15) is 6.10 Å². The van der Waals surface area contributed by atoms with Gasteiger partial charge in [0, 0.05) is 12.5 Å². The lowest BCUT2D eigenvalue weighted by Crippen LogP contribution is -2.23. The number of ether oxygens (including phenoxy) is 2. The lowest BCUT2D eigenvalue weighted by Gasteiger charge is -2.23. The highest BCUT2D eigenvalue weighted by Gasteiger charge is 2.37. The molecule has 2 saturated carbocycles. The molecule has 2 unspecified atom stereocenters. The molecule has 0 aliphatic heterocycles. The number of alkyl halides is 2. The Bertz CT molecular complexity index is 456. The molecule has 6 heteroatoms. The fourth-order valence-corrected chi connectivity index (χ4v) is 3.51. The van der Waals surface area contributed by atoms with Crippen molar-refractivity contribution in [2.45, 2.75) is 63.9 Å². The van der Waals surface area contributed by atoms with Crippen molar-refractivity contribution in [2.75, 3.05) is 6.61 Å². The summed E-state index contributed by atoms with van der Waals surface area (Å²) in [6, 6.07) is 0. The van der Waals surface area contributed by atoms with Crippen molar-refractivity contribution in [2.24, 2.45) is 11.8 Å². The molecule has 2 fully saturated rings. The molecule has 0 radical (unpaired) electrons. The van der Waals surface area contributed by atoms with Crippen molar-refractivity contribution in [3.8, 4) is 0 Å². The van der Waals surface area contributed by atoms with E-state index in [0.717, 1.165) is 12.8 Å². The molecule has 2 aliphatic rings. The van der Waals surface area contributed by atoms with Crippen LogP contribution in [0.4, 0.5) is 8.78 Å². The number of carbonyl (C=O) groups is 2. The number of hydrogen-bond acceptors (Lipinski definition) is 4. The maximum absolute atomic E-state index is 12.6. The summed E-state index contributed by atoms with van der Waals surface area (Å²) in [6.07, 6.45) is 6.06. The average Bonchev–Trinajstić information content (AvgIpc) is 2.86. The predicted molar refractivity (Wildman–Crippen MR) is 79.9 cm³/mol. The quantitative estimate of drug-likeness (QED) is 0.551. The second-order valence-electron chi connectivity index (χ2n) is 6.81. The molecular weight excluding hydrogens is 306 g/mol. The molecule has 0 heterocycles. The Morgan fingerprint density at radius 3 is 2.26 bits per heavy atom. The third kappa shape index (κ3) is 5.59. The van der Waals surface area contributed by atoms with Crippen molar-refractivity contribution in [3.05, 3.63) is 12.2 Å². The minimum atomic E-state index is -3.09. The molecule has 0 bridgehead atoms. The summed E-state index contributed by atoms with van der Waals surface area (Å²) in [5.74, 6) is -3.35. The Morgan fingerprint density at radius 1 is 1.17 bits per heavy atom. The minimum Gasteiger partial charge on any atom is -0.459 e. The van der Waals surface area contributed by atoms with E-state index in [1.165, 1.54) is 25.7 Å². The van der Waals surface area contributed by atoms with Crippen LogP contribution in [0.2, 0.25) is 0 Å². The number of rotatable bonds is 6. The van der Waals surface area contributed by atoms with Crippen LogP contribution in [0.15, 0.2) is 12.2 Å². The Hall–Kier alpha value is -1.46. The first-order chi connectivity index (χ1) is 10.7. The molecule has 2 atom stereocenters. The van der Waals surface area contributed by atoms with Gasteiger partial charge in [0.25, 0.3) is 5.92 Å². The van der Waals surface area contributed by atoms with Crippen LogP contribution in [0.3, 0.4) is 0 Å². The Morgan fingerprint density at radius 2 is 1.74 bits per heavy atom. The van der Waals surface area contributed by atoms with Crippen molar-refractivity contribution >= 4 is 11.9 Å². The Labute approximate surface area is 135 Å². The lowest BCUT2D eigenvalue weighted by molar-refractivity contribution is -0.155. The third-order valence-corrected chi connectivity index (χ3v) is 4.60. The topological polar surface area (TPSA) is 52.6 Å². The Kier molecular flexibility index (Phi) is 5.76. The van der Waals surface area contributed by atoms with E-state index in [9.17, 15) is 18.4 Å². The second-order valence-corrected chi connectivity index (χ2v) is 6.81. The average molecular weight is 330 g/mol. The number of halogens is 2. The van der Waals surface area contributed by atoms with Crippen LogP contribution in [-0.2, 0) is 19.1 Å². The Balaban J connectivity index is 1.73. The van der Waals surface area contributed by atoms with Crippen molar-refractivity contribution in [1.29, 1.82) is 0 Å². The molecule has 130 valence electrons. The van der Waals surface area contributed by atoms with E-state index in [1.54, 1.807) is 0 Å². The summed E-state index contributed by atoms with van der Waals surface area (Å²) in [7, 11) is 0. The molecule has 0 aromatic rings. The maximum Gasteiger partial charge on any atom is 0.334 e. The van der Waals surface area contributed by atoms with Crippen LogP contribution < -0.4 is 0 Å². The predicted octanol–water partition coefficient (Wildman–Crippen LogP) is 3.64. The summed E-state index contributed by atoms with van der Waals surface area (Å²) in [5.41, 5.74) is -0.0516. The fraction of sp³-hybridized carbons (Fsp3) is 0.765. The molecule has 0 spiro atoms. The van der Waals surface area contributed by atoms with Gasteiger partial charge in [-0.25, -0.2) is 13.6 Å². The van der Waals surface area contributed by atoms with Gasteiger partial charge in [0.15, 0.2) is 6.61 Å². The summed E-state index contributed by atoms with van der Waals surface area (Å²) < 4.78 is 35.0. The first kappa shape index (κ1) is 17.9. The summed E-state index contributed by atoms with van der Waals surface area (Å²) in [6.45, 7) is 3.16. The largest absolute Gasteiger partial charge is 0.459 e. The van der Waals surface area contributed by atoms with E-state index in [-0.39, 0.29) is 11.7 Å². The molecule has 23 heavy (non-hydrogen) atoms. The van der Waals surface area contributed by atoms with Crippen molar-refractivity contribution in [1.82, 2.24) is 0 Å². The zero-order chi connectivity index (χ0) is 17.0. The highest BCUT2D eigenvalue weighted by Crippen LogP contribution is 2.43. The van der Waals surface area contributed by atoms with E-state index in [1.807, 2.05) is 0 Å². The van der Waals surface area contributed by atoms with Crippen LogP contribution in [0.25, 0.3) is 0 Å². The first-order valence-corrected chi connectivity index (χ1v) is 8.17. The molecule has 0 aromatic heterocycles. The highest BCUT2D eigenvalue weighted by atomic mass is 19.3. The van der Waals surface area contributed by atoms with Gasteiger partial charge in [0.05, 0.1) is 6.42 Å². The van der Waals surface area contributed by atoms with Gasteiger partial charge in [-0.2, -0.15) is 0 Å². The molecule has 0 amide bonds. The summed E-state index contributed by atoms with van der Waals surface area (Å²) in [4.78, 5) is 23.4. The molecular formula is C17H24F2O4. The van der Waals surface area contributed by atoms with Gasteiger partial charge in [-0.1, -0.05) is 32.3 Å². The number of hydrogen-bond donors (Lipinski definition) is 0. The van der Waals surface area contributed by atoms with Gasteiger partial charge >= 0.3 is 11.9 Å². The molecule has 2 rings (SSSR count). The van der Waals surface area contributed by atoms with Gasteiger partial charge in [-0.15, -0.1) is 0 Å². The van der Waals surface area contributed by atoms with E-state index >= 15 is 0 Å². The van der Waals surface area contributed by atoms with Crippen LogP contribution in [0, 0.1) is 11.8 Å². The minimum absolute atomic E-state index is 0.0516. The van der Waals surface area contributed by atoms with Crippen LogP contribution in [0.5, 0.6) is 0 Å². The second kappa shape index (κ2) is 7.41. The van der Waals surface area contributed by atoms with Crippen LogP contribution in [-0.4, -0.2) is 30.6 Å². The summed E-state index contributed by atoms with van der Waals surface area (Å²) >= 11 is 0. The van der Waals surface area contributed by atoms with Crippen LogP contribution >= 0.6 is 0 Å². The lowest BCUT2D eigenvalue weighted by atomic mass is 9.82. The van der Waals surface area contributed by atoms with Crippen LogP contribution in [0.1, 0.15) is 51.9 Å². The summed E-state index contributed by atoms with van der Waals surface area (Å²) in [5, 5.41) is 0. The van der Waals surface area contributed by atoms with Gasteiger partial charge in [-0.05, 0) is 24.7 Å². The zero-order valence-electron chi connectivity index (χ0n) is 13.5. The molecule has 0 aromatic carbocycles. The molecule has 4 nitrogen and oxygen atoms in total. The highest BCUT2D eigenvalue weighted by molar-refractivity contribution is 5.93. The van der Waals surface area contributed by atoms with E-state index in [2.05, 4.69) is 11.3 Å². The number of carbonyl (C=O) groups excluding carboxylic acids is 2. The standard InChI is InChI=1S/C17H24F2O4/c1-11(7-15(20)22-10-17(2,18)19)16(21)23-14-8-12-5-3-4-6-13(12)9-14/h12-14H,1,3-10H2,2H3. The third-order valence-electron chi connectivity index (χ3n) is 4.60. The fourth-order valence-electron chi connectivity index (χ4n) is 3.51. The normalized spacial score (nSPS) is 27.2. The first-order valence-electron chi connectivity index (χ1n) is 8.17. The molecule has 0 saturated heterocycles. The number of esters is 2. The molecule has 2 aliphatic carbocycles. The SMILES string of the molecule is C=C(CC(=O)OCC(C)(F)F)C(=O)OC1CC2CCCCC2C1. The van der Waals surface area contributed by atoms with Crippen molar-refractivity contribution in [3.63, 3.8) is 0 Å². The van der Waals surface area contributed by atoms with Gasteiger partial charge in [0.2, 0.25) is 0 Å². The van der Waals surface area contributed by atoms with E-state index in [0.29, 0.717) is 18.8 Å². The van der Waals surface area contributed by atoms with E-state index in [4.69, 9.17) is 4.74 Å². The van der Waals surface area contributed by atoms with E-state index < -0.39 is 30.9 Å². The monoisotopic (exact) mass is 330 g/mol. The van der Waals surface area contributed by atoms with Gasteiger partial charge < -0.3 is 9.47 Å². The van der Waals surface area contributed by atoms with Gasteiger partial charge in [-0.3, -0.25) is 4.79 Å². The smallest absolute Gasteiger partial charge is 0.334 e. The number of fused-ring (bicyclic) bond motifs is 1. The molecule has 0 N–H and O–H groups in total.